The van der Waals surface area contributed by atoms with E-state index >= 15 is 0 Å². The molecule has 0 heterocycles. The zero-order chi connectivity index (χ0) is 15.0. The lowest BCUT2D eigenvalue weighted by Gasteiger charge is -2.11. The fourth-order valence-electron chi connectivity index (χ4n) is 1.91. The van der Waals surface area contributed by atoms with Crippen molar-refractivity contribution < 1.29 is 19.4 Å². The summed E-state index contributed by atoms with van der Waals surface area (Å²) in [6.07, 6.45) is 1.89. The molecule has 0 aliphatic heterocycles. The Kier molecular flexibility index (Phi) is 6.56. The first kappa shape index (κ1) is 16.0. The highest BCUT2D eigenvalue weighted by atomic mass is 16.5. The van der Waals surface area contributed by atoms with Crippen LogP contribution in [0.15, 0.2) is 24.3 Å². The number of carboxylic acid groups (broad SMARTS) is 1. The Morgan fingerprint density at radius 3 is 2.50 bits per heavy atom. The van der Waals surface area contributed by atoms with Gasteiger partial charge in [-0.25, -0.2) is 0 Å². The fraction of sp³-hybridized carbons (Fsp3) is 0.467. The maximum Gasteiger partial charge on any atom is 0.305 e. The molecule has 1 atom stereocenters. The van der Waals surface area contributed by atoms with Crippen molar-refractivity contribution in [1.82, 2.24) is 5.32 Å². The molecular formula is C15H21NO4. The summed E-state index contributed by atoms with van der Waals surface area (Å²) in [5.41, 5.74) is 1.15. The van der Waals surface area contributed by atoms with Gasteiger partial charge in [-0.2, -0.15) is 0 Å². The molecule has 2 N–H and O–H groups in total. The van der Waals surface area contributed by atoms with Crippen molar-refractivity contribution in [3.8, 4) is 5.75 Å². The number of carbonyl (C=O) groups is 2. The second-order valence-electron chi connectivity index (χ2n) is 4.77. The third kappa shape index (κ3) is 6.22. The van der Waals surface area contributed by atoms with Gasteiger partial charge in [0.25, 0.3) is 0 Å². The lowest BCUT2D eigenvalue weighted by Crippen LogP contribution is -2.34. The fourth-order valence-corrected chi connectivity index (χ4v) is 1.91. The first-order chi connectivity index (χ1) is 9.51. The number of ether oxygens (including phenoxy) is 1. The van der Waals surface area contributed by atoms with E-state index in [9.17, 15) is 9.59 Å². The Labute approximate surface area is 118 Å². The van der Waals surface area contributed by atoms with Crippen LogP contribution in [0.5, 0.6) is 5.75 Å². The molecule has 20 heavy (non-hydrogen) atoms. The number of nitrogens with one attached hydrogen (secondary N) is 1. The Morgan fingerprint density at radius 2 is 1.95 bits per heavy atom. The van der Waals surface area contributed by atoms with Gasteiger partial charge >= 0.3 is 5.97 Å². The maximum absolute atomic E-state index is 11.6. The van der Waals surface area contributed by atoms with Crippen LogP contribution in [0.1, 0.15) is 31.7 Å². The molecule has 0 saturated heterocycles. The van der Waals surface area contributed by atoms with E-state index < -0.39 is 5.97 Å². The third-order valence-corrected chi connectivity index (χ3v) is 2.92. The minimum absolute atomic E-state index is 0.0514. The van der Waals surface area contributed by atoms with E-state index in [0.29, 0.717) is 6.42 Å². The smallest absolute Gasteiger partial charge is 0.305 e. The number of carbonyl (C=O) groups excluding carboxylic acids is 1. The van der Waals surface area contributed by atoms with Crippen LogP contribution in [0.4, 0.5) is 0 Å². The molecular weight excluding hydrogens is 258 g/mol. The second-order valence-corrected chi connectivity index (χ2v) is 4.77. The number of benzene rings is 1. The van der Waals surface area contributed by atoms with E-state index in [0.717, 1.165) is 24.2 Å². The first-order valence-electron chi connectivity index (χ1n) is 6.65. The molecule has 0 bridgehead atoms. The highest BCUT2D eigenvalue weighted by molar-refractivity contribution is 5.77. The molecule has 0 fully saturated rings. The lowest BCUT2D eigenvalue weighted by molar-refractivity contribution is -0.137. The molecule has 1 rings (SSSR count). The number of carboxylic acids is 1. The molecule has 1 amide bonds. The average molecular weight is 279 g/mol. The van der Waals surface area contributed by atoms with E-state index in [1.165, 1.54) is 0 Å². The molecule has 110 valence electrons. The number of aliphatic carboxylic acids is 1. The third-order valence-electron chi connectivity index (χ3n) is 2.92. The Hall–Kier alpha value is -2.04. The van der Waals surface area contributed by atoms with Gasteiger partial charge in [-0.3, -0.25) is 9.59 Å². The average Bonchev–Trinajstić information content (AvgIpc) is 2.38. The predicted molar refractivity (Wildman–Crippen MR) is 75.8 cm³/mol. The monoisotopic (exact) mass is 279 g/mol. The second kappa shape index (κ2) is 8.19. The molecule has 5 heteroatoms. The molecule has 1 aromatic rings. The van der Waals surface area contributed by atoms with E-state index in [2.05, 4.69) is 5.32 Å². The van der Waals surface area contributed by atoms with Crippen molar-refractivity contribution >= 4 is 11.9 Å². The van der Waals surface area contributed by atoms with Crippen LogP contribution in [-0.4, -0.2) is 30.1 Å². The van der Waals surface area contributed by atoms with Gasteiger partial charge in [-0.15, -0.1) is 0 Å². The van der Waals surface area contributed by atoms with Gasteiger partial charge in [0.15, 0.2) is 0 Å². The first-order valence-corrected chi connectivity index (χ1v) is 6.65. The van der Waals surface area contributed by atoms with Crippen LogP contribution in [0, 0.1) is 0 Å². The summed E-state index contributed by atoms with van der Waals surface area (Å²) in [5, 5.41) is 11.3. The van der Waals surface area contributed by atoms with Gasteiger partial charge in [-0.1, -0.05) is 12.1 Å². The zero-order valence-corrected chi connectivity index (χ0v) is 11.9. The predicted octanol–water partition coefficient (Wildman–Crippen LogP) is 2.00. The molecule has 0 saturated carbocycles. The van der Waals surface area contributed by atoms with Crippen molar-refractivity contribution in [3.05, 3.63) is 29.8 Å². The molecule has 0 aromatic heterocycles. The van der Waals surface area contributed by atoms with Gasteiger partial charge < -0.3 is 15.2 Å². The van der Waals surface area contributed by atoms with Crippen LogP contribution >= 0.6 is 0 Å². The minimum atomic E-state index is -0.906. The number of rotatable bonds is 8. The molecule has 0 spiro atoms. The summed E-state index contributed by atoms with van der Waals surface area (Å²) in [6, 6.07) is 7.41. The minimum Gasteiger partial charge on any atom is -0.497 e. The topological polar surface area (TPSA) is 75.6 Å². The van der Waals surface area contributed by atoms with Crippen molar-refractivity contribution in [2.45, 2.75) is 38.6 Å². The van der Waals surface area contributed by atoms with E-state index in [1.54, 1.807) is 14.0 Å². The van der Waals surface area contributed by atoms with Crippen LogP contribution in [-0.2, 0) is 16.0 Å². The Morgan fingerprint density at radius 1 is 1.30 bits per heavy atom. The molecule has 0 radical (unpaired) electrons. The molecule has 5 nitrogen and oxygen atoms in total. The van der Waals surface area contributed by atoms with E-state index in [1.807, 2.05) is 24.3 Å². The number of hydrogen-bond acceptors (Lipinski definition) is 3. The quantitative estimate of drug-likeness (QED) is 0.763. The van der Waals surface area contributed by atoms with Crippen molar-refractivity contribution in [2.75, 3.05) is 7.11 Å². The van der Waals surface area contributed by atoms with Crippen LogP contribution < -0.4 is 10.1 Å². The van der Waals surface area contributed by atoms with Crippen molar-refractivity contribution in [2.24, 2.45) is 0 Å². The van der Waals surface area contributed by atoms with Gasteiger partial charge in [0, 0.05) is 12.5 Å². The Balaban J connectivity index is 2.25. The molecule has 0 aliphatic rings. The molecule has 1 aromatic carbocycles. The van der Waals surface area contributed by atoms with E-state index in [-0.39, 0.29) is 18.4 Å². The summed E-state index contributed by atoms with van der Waals surface area (Å²) < 4.78 is 5.08. The van der Waals surface area contributed by atoms with Crippen molar-refractivity contribution in [3.63, 3.8) is 0 Å². The molecule has 1 unspecified atom stereocenters. The number of methoxy groups -OCH3 is 1. The van der Waals surface area contributed by atoms with Gasteiger partial charge in [0.2, 0.25) is 5.91 Å². The zero-order valence-electron chi connectivity index (χ0n) is 11.9. The molecule has 0 aliphatic carbocycles. The van der Waals surface area contributed by atoms with Gasteiger partial charge in [0.05, 0.1) is 13.5 Å². The highest BCUT2D eigenvalue weighted by Crippen LogP contribution is 2.13. The normalized spacial score (nSPS) is 11.7. The number of aryl methyl sites for hydroxylation is 1. The van der Waals surface area contributed by atoms with Crippen molar-refractivity contribution in [1.29, 1.82) is 0 Å². The number of hydrogen-bond donors (Lipinski definition) is 2. The Bertz CT molecular complexity index is 442. The van der Waals surface area contributed by atoms with Gasteiger partial charge in [0.1, 0.15) is 5.75 Å². The van der Waals surface area contributed by atoms with Gasteiger partial charge in [-0.05, 0) is 37.5 Å². The lowest BCUT2D eigenvalue weighted by atomic mass is 10.1. The summed E-state index contributed by atoms with van der Waals surface area (Å²) in [5.74, 6) is -0.197. The maximum atomic E-state index is 11.6. The summed E-state index contributed by atoms with van der Waals surface area (Å²) in [6.45, 7) is 1.69. The standard InChI is InChI=1S/C15H21NO4/c1-11(10-15(18)19)16-14(17)5-3-4-12-6-8-13(20-2)9-7-12/h6-9,11H,3-5,10H2,1-2H3,(H,16,17)(H,18,19). The highest BCUT2D eigenvalue weighted by Gasteiger charge is 2.10. The van der Waals surface area contributed by atoms with E-state index in [4.69, 9.17) is 9.84 Å². The SMILES string of the molecule is COc1ccc(CCCC(=O)NC(C)CC(=O)O)cc1. The van der Waals surface area contributed by atoms with Crippen LogP contribution in [0.3, 0.4) is 0 Å². The largest absolute Gasteiger partial charge is 0.497 e. The summed E-state index contributed by atoms with van der Waals surface area (Å²) in [7, 11) is 1.62. The summed E-state index contributed by atoms with van der Waals surface area (Å²) in [4.78, 5) is 22.1. The summed E-state index contributed by atoms with van der Waals surface area (Å²) >= 11 is 0. The van der Waals surface area contributed by atoms with Crippen LogP contribution in [0.2, 0.25) is 0 Å². The van der Waals surface area contributed by atoms with Crippen LogP contribution in [0.25, 0.3) is 0 Å². The number of amides is 1.